The van der Waals surface area contributed by atoms with E-state index in [1.165, 1.54) is 0 Å². The number of para-hydroxylation sites is 1. The summed E-state index contributed by atoms with van der Waals surface area (Å²) in [6.45, 7) is 6.02. The summed E-state index contributed by atoms with van der Waals surface area (Å²) >= 11 is 0. The molecule has 8 heteroatoms. The molecular weight excluding hydrogens is 348 g/mol. The van der Waals surface area contributed by atoms with Crippen molar-refractivity contribution in [1.82, 2.24) is 15.1 Å². The quantitative estimate of drug-likeness (QED) is 0.655. The maximum absolute atomic E-state index is 12.8. The number of rotatable bonds is 3. The molecule has 140 valence electrons. The molecule has 1 aliphatic rings. The third-order valence-corrected chi connectivity index (χ3v) is 4.63. The molecule has 0 spiro atoms. The largest absolute Gasteiger partial charge is 0.422 e. The summed E-state index contributed by atoms with van der Waals surface area (Å²) in [5.41, 5.74) is -0.0807. The minimum atomic E-state index is -0.611. The Hall–Kier alpha value is -3.16. The number of hydrogen-bond donors (Lipinski definition) is 0. The number of amides is 1. The number of hydrogen-bond acceptors (Lipinski definition) is 7. The van der Waals surface area contributed by atoms with Crippen molar-refractivity contribution < 1.29 is 13.6 Å². The first-order valence-corrected chi connectivity index (χ1v) is 8.93. The molecule has 0 atom stereocenters. The third-order valence-electron chi connectivity index (χ3n) is 4.63. The minimum Gasteiger partial charge on any atom is -0.422 e. The van der Waals surface area contributed by atoms with E-state index in [0.717, 1.165) is 5.39 Å². The molecule has 2 aromatic heterocycles. The molecular formula is C19H20N4O4. The zero-order valence-electron chi connectivity index (χ0n) is 15.2. The molecule has 0 bridgehead atoms. The number of aromatic nitrogens is 2. The Morgan fingerprint density at radius 3 is 2.52 bits per heavy atom. The first-order chi connectivity index (χ1) is 13.0. The van der Waals surface area contributed by atoms with E-state index in [1.54, 1.807) is 23.1 Å². The van der Waals surface area contributed by atoms with E-state index in [-0.39, 0.29) is 17.4 Å². The second kappa shape index (κ2) is 6.86. The highest BCUT2D eigenvalue weighted by Crippen LogP contribution is 2.20. The lowest BCUT2D eigenvalue weighted by Crippen LogP contribution is -2.49. The van der Waals surface area contributed by atoms with Gasteiger partial charge in [0.15, 0.2) is 0 Å². The van der Waals surface area contributed by atoms with Crippen molar-refractivity contribution in [3.05, 3.63) is 52.2 Å². The number of nitrogens with zero attached hydrogens (tertiary/aromatic N) is 4. The molecule has 0 aliphatic carbocycles. The van der Waals surface area contributed by atoms with E-state index in [2.05, 4.69) is 10.2 Å². The van der Waals surface area contributed by atoms with Gasteiger partial charge in [-0.1, -0.05) is 37.1 Å². The maximum Gasteiger partial charge on any atom is 0.349 e. The van der Waals surface area contributed by atoms with Crippen molar-refractivity contribution in [2.45, 2.75) is 19.8 Å². The molecule has 0 radical (unpaired) electrons. The van der Waals surface area contributed by atoms with Gasteiger partial charge < -0.3 is 18.6 Å². The van der Waals surface area contributed by atoms with E-state index in [4.69, 9.17) is 8.83 Å². The van der Waals surface area contributed by atoms with Crippen LogP contribution in [0.5, 0.6) is 0 Å². The fraction of sp³-hybridized carbons (Fsp3) is 0.368. The molecule has 1 amide bonds. The zero-order chi connectivity index (χ0) is 19.0. The second-order valence-corrected chi connectivity index (χ2v) is 6.84. The molecule has 3 aromatic rings. The first-order valence-electron chi connectivity index (χ1n) is 8.93. The number of benzene rings is 1. The maximum atomic E-state index is 12.8. The summed E-state index contributed by atoms with van der Waals surface area (Å²) in [7, 11) is 0. The monoisotopic (exact) mass is 368 g/mol. The fourth-order valence-corrected chi connectivity index (χ4v) is 3.07. The van der Waals surface area contributed by atoms with Crippen molar-refractivity contribution in [2.24, 2.45) is 0 Å². The summed E-state index contributed by atoms with van der Waals surface area (Å²) in [4.78, 5) is 28.6. The smallest absolute Gasteiger partial charge is 0.349 e. The van der Waals surface area contributed by atoms with Gasteiger partial charge in [0.2, 0.25) is 5.89 Å². The van der Waals surface area contributed by atoms with Crippen LogP contribution in [0, 0.1) is 0 Å². The minimum absolute atomic E-state index is 0.0574. The van der Waals surface area contributed by atoms with Gasteiger partial charge in [0.05, 0.1) is 0 Å². The van der Waals surface area contributed by atoms with Gasteiger partial charge in [-0.15, -0.1) is 5.10 Å². The number of fused-ring (bicyclic) bond motifs is 1. The van der Waals surface area contributed by atoms with E-state index in [9.17, 15) is 9.59 Å². The van der Waals surface area contributed by atoms with Crippen molar-refractivity contribution in [3.8, 4) is 0 Å². The molecule has 1 aliphatic heterocycles. The number of piperazine rings is 1. The summed E-state index contributed by atoms with van der Waals surface area (Å²) in [5.74, 6) is 0.445. The second-order valence-electron chi connectivity index (χ2n) is 6.84. The topological polar surface area (TPSA) is 92.7 Å². The third kappa shape index (κ3) is 3.30. The average Bonchev–Trinajstić information content (AvgIpc) is 3.17. The number of carbonyl (C=O) groups is 1. The van der Waals surface area contributed by atoms with Crippen LogP contribution in [0.4, 0.5) is 6.01 Å². The Bertz CT molecular complexity index is 1030. The van der Waals surface area contributed by atoms with E-state index in [1.807, 2.05) is 30.9 Å². The van der Waals surface area contributed by atoms with E-state index >= 15 is 0 Å². The standard InChI is InChI=1S/C19H20N4O4/c1-12(2)16-20-21-19(27-16)23-9-7-22(8-10-23)17(24)14-11-13-5-3-4-6-15(13)26-18(14)25/h3-6,11-12H,7-10H2,1-2H3. The van der Waals surface area contributed by atoms with Gasteiger partial charge in [0.1, 0.15) is 11.1 Å². The van der Waals surface area contributed by atoms with E-state index < -0.39 is 5.63 Å². The van der Waals surface area contributed by atoms with Crippen LogP contribution in [0.3, 0.4) is 0 Å². The Balaban J connectivity index is 1.48. The fourth-order valence-electron chi connectivity index (χ4n) is 3.07. The highest BCUT2D eigenvalue weighted by atomic mass is 16.4. The summed E-state index contributed by atoms with van der Waals surface area (Å²) in [6, 6.07) is 9.22. The lowest BCUT2D eigenvalue weighted by atomic mass is 10.1. The van der Waals surface area contributed by atoms with Crippen molar-refractivity contribution >= 4 is 22.9 Å². The average molecular weight is 368 g/mol. The molecule has 8 nitrogen and oxygen atoms in total. The predicted molar refractivity (Wildman–Crippen MR) is 99.0 cm³/mol. The molecule has 0 N–H and O–H groups in total. The zero-order valence-corrected chi connectivity index (χ0v) is 15.2. The molecule has 27 heavy (non-hydrogen) atoms. The molecule has 4 rings (SSSR count). The van der Waals surface area contributed by atoms with Crippen molar-refractivity contribution in [3.63, 3.8) is 0 Å². The summed E-state index contributed by atoms with van der Waals surface area (Å²) in [5, 5.41) is 8.85. The lowest BCUT2D eigenvalue weighted by Gasteiger charge is -2.33. The molecule has 1 saturated heterocycles. The van der Waals surface area contributed by atoms with Crippen LogP contribution in [0.1, 0.15) is 36.0 Å². The molecule has 3 heterocycles. The van der Waals surface area contributed by atoms with Crippen LogP contribution in [0.25, 0.3) is 11.0 Å². The van der Waals surface area contributed by atoms with Crippen LogP contribution in [-0.2, 0) is 0 Å². The van der Waals surface area contributed by atoms with Gasteiger partial charge in [-0.2, -0.15) is 0 Å². The van der Waals surface area contributed by atoms with E-state index in [0.29, 0.717) is 43.7 Å². The first kappa shape index (κ1) is 17.3. The van der Waals surface area contributed by atoms with Gasteiger partial charge in [-0.25, -0.2) is 4.79 Å². The van der Waals surface area contributed by atoms with Crippen LogP contribution in [0.2, 0.25) is 0 Å². The normalized spacial score (nSPS) is 14.9. The highest BCUT2D eigenvalue weighted by Gasteiger charge is 2.27. The van der Waals surface area contributed by atoms with Crippen molar-refractivity contribution in [2.75, 3.05) is 31.1 Å². The van der Waals surface area contributed by atoms with Gasteiger partial charge in [-0.3, -0.25) is 4.79 Å². The lowest BCUT2D eigenvalue weighted by molar-refractivity contribution is 0.0741. The highest BCUT2D eigenvalue weighted by molar-refractivity contribution is 5.96. The van der Waals surface area contributed by atoms with Crippen LogP contribution in [-0.4, -0.2) is 47.2 Å². The van der Waals surface area contributed by atoms with Gasteiger partial charge >= 0.3 is 11.6 Å². The van der Waals surface area contributed by atoms with Gasteiger partial charge in [0.25, 0.3) is 5.91 Å². The Morgan fingerprint density at radius 2 is 1.81 bits per heavy atom. The Morgan fingerprint density at radius 1 is 1.07 bits per heavy atom. The van der Waals surface area contributed by atoms with Crippen molar-refractivity contribution in [1.29, 1.82) is 0 Å². The van der Waals surface area contributed by atoms with Crippen LogP contribution in [0.15, 0.2) is 44.0 Å². The SMILES string of the molecule is CC(C)c1nnc(N2CCN(C(=O)c3cc4ccccc4oc3=O)CC2)o1. The number of carbonyl (C=O) groups excluding carboxylic acids is 1. The molecule has 1 fully saturated rings. The van der Waals surface area contributed by atoms with Gasteiger partial charge in [0, 0.05) is 37.5 Å². The Labute approximate surface area is 155 Å². The Kier molecular flexibility index (Phi) is 4.39. The predicted octanol–water partition coefficient (Wildman–Crippen LogP) is 2.26. The molecule has 1 aromatic carbocycles. The summed E-state index contributed by atoms with van der Waals surface area (Å²) in [6.07, 6.45) is 0. The van der Waals surface area contributed by atoms with Crippen LogP contribution < -0.4 is 10.5 Å². The van der Waals surface area contributed by atoms with Crippen LogP contribution >= 0.6 is 0 Å². The van der Waals surface area contributed by atoms with Gasteiger partial charge in [-0.05, 0) is 12.1 Å². The summed E-state index contributed by atoms with van der Waals surface area (Å²) < 4.78 is 10.9. The molecule has 0 saturated carbocycles. The molecule has 0 unspecified atom stereocenters. The number of anilines is 1.